The molecule has 0 fully saturated rings. The lowest BCUT2D eigenvalue weighted by Gasteiger charge is -2.12. The lowest BCUT2D eigenvalue weighted by atomic mass is 9.94. The van der Waals surface area contributed by atoms with Crippen LogP contribution >= 0.6 is 12.4 Å². The molecule has 0 amide bonds. The predicted molar refractivity (Wildman–Crippen MR) is 84.9 cm³/mol. The Morgan fingerprint density at radius 1 is 1.29 bits per heavy atom. The minimum Gasteiger partial charge on any atom is -0.481 e. The number of hydrogen-bond donors (Lipinski definition) is 1. The minimum atomic E-state index is -0.741. The van der Waals surface area contributed by atoms with Crippen LogP contribution in [0.4, 0.5) is 0 Å². The second-order valence-electron chi connectivity index (χ2n) is 4.97. The van der Waals surface area contributed by atoms with Gasteiger partial charge in [0.15, 0.2) is 0 Å². The van der Waals surface area contributed by atoms with E-state index in [1.54, 1.807) is 6.20 Å². The molecule has 1 aromatic heterocycles. The van der Waals surface area contributed by atoms with Crippen LogP contribution < -0.4 is 0 Å². The number of carboxylic acids is 1. The van der Waals surface area contributed by atoms with E-state index < -0.39 is 11.9 Å². The lowest BCUT2D eigenvalue weighted by Crippen LogP contribution is -2.12. The molecule has 1 atom stereocenters. The van der Waals surface area contributed by atoms with Crippen molar-refractivity contribution < 1.29 is 9.90 Å². The molecule has 0 radical (unpaired) electrons. The summed E-state index contributed by atoms with van der Waals surface area (Å²) in [5.74, 6) is -0.141. The van der Waals surface area contributed by atoms with Crippen molar-refractivity contribution in [2.75, 3.05) is 0 Å². The standard InChI is InChI=1S/C16H20N2O2.ClH/c1-13-17-10-12-18(13)11-6-5-9-15(16(19)20)14-7-3-2-4-8-14;/h2-4,7-8,10,12,15H,5-6,9,11H2,1H3,(H,19,20);1H. The van der Waals surface area contributed by atoms with Gasteiger partial charge < -0.3 is 9.67 Å². The van der Waals surface area contributed by atoms with Gasteiger partial charge in [-0.2, -0.15) is 0 Å². The molecule has 0 aliphatic heterocycles. The highest BCUT2D eigenvalue weighted by Gasteiger charge is 2.18. The maximum atomic E-state index is 11.4. The van der Waals surface area contributed by atoms with Crippen LogP contribution in [-0.4, -0.2) is 20.6 Å². The van der Waals surface area contributed by atoms with Crippen LogP contribution in [0.1, 0.15) is 36.6 Å². The van der Waals surface area contributed by atoms with E-state index in [9.17, 15) is 9.90 Å². The molecule has 21 heavy (non-hydrogen) atoms. The van der Waals surface area contributed by atoms with Gasteiger partial charge in [-0.3, -0.25) is 4.79 Å². The average molecular weight is 309 g/mol. The molecule has 1 unspecified atom stereocenters. The number of benzene rings is 1. The molecular weight excluding hydrogens is 288 g/mol. The number of hydrogen-bond acceptors (Lipinski definition) is 2. The number of aliphatic carboxylic acids is 1. The number of aryl methyl sites for hydroxylation is 2. The summed E-state index contributed by atoms with van der Waals surface area (Å²) in [6.07, 6.45) is 6.28. The highest BCUT2D eigenvalue weighted by atomic mass is 35.5. The van der Waals surface area contributed by atoms with E-state index in [4.69, 9.17) is 0 Å². The highest BCUT2D eigenvalue weighted by Crippen LogP contribution is 2.22. The Bertz CT molecular complexity index is 554. The van der Waals surface area contributed by atoms with Crippen molar-refractivity contribution in [1.82, 2.24) is 9.55 Å². The fourth-order valence-electron chi connectivity index (χ4n) is 2.39. The van der Waals surface area contributed by atoms with Crippen LogP contribution in [-0.2, 0) is 11.3 Å². The van der Waals surface area contributed by atoms with Crippen molar-refractivity contribution in [3.8, 4) is 0 Å². The summed E-state index contributed by atoms with van der Waals surface area (Å²) in [6, 6.07) is 9.46. The van der Waals surface area contributed by atoms with E-state index in [0.29, 0.717) is 6.42 Å². The van der Waals surface area contributed by atoms with E-state index >= 15 is 0 Å². The number of rotatable bonds is 7. The molecule has 2 aromatic rings. The summed E-state index contributed by atoms with van der Waals surface area (Å²) in [7, 11) is 0. The zero-order valence-corrected chi connectivity index (χ0v) is 12.9. The van der Waals surface area contributed by atoms with Gasteiger partial charge in [-0.25, -0.2) is 4.98 Å². The Balaban J connectivity index is 0.00000220. The third-order valence-electron chi connectivity index (χ3n) is 3.57. The first-order valence-electron chi connectivity index (χ1n) is 6.94. The molecule has 4 nitrogen and oxygen atoms in total. The smallest absolute Gasteiger partial charge is 0.310 e. The summed E-state index contributed by atoms with van der Waals surface area (Å²) >= 11 is 0. The fourth-order valence-corrected chi connectivity index (χ4v) is 2.39. The summed E-state index contributed by atoms with van der Waals surface area (Å²) in [5.41, 5.74) is 0.888. The SMILES string of the molecule is Cc1nccn1CCCCC(C(=O)O)c1ccccc1.Cl. The summed E-state index contributed by atoms with van der Waals surface area (Å²) in [4.78, 5) is 15.5. The molecule has 5 heteroatoms. The van der Waals surface area contributed by atoms with Crippen molar-refractivity contribution in [3.05, 3.63) is 54.1 Å². The summed E-state index contributed by atoms with van der Waals surface area (Å²) in [6.45, 7) is 2.87. The second kappa shape index (κ2) is 8.47. The number of aromatic nitrogens is 2. The number of unbranched alkanes of at least 4 members (excludes halogenated alkanes) is 1. The maximum Gasteiger partial charge on any atom is 0.310 e. The van der Waals surface area contributed by atoms with Gasteiger partial charge in [-0.1, -0.05) is 36.8 Å². The fraction of sp³-hybridized carbons (Fsp3) is 0.375. The van der Waals surface area contributed by atoms with Crippen LogP contribution in [0.3, 0.4) is 0 Å². The lowest BCUT2D eigenvalue weighted by molar-refractivity contribution is -0.139. The largest absolute Gasteiger partial charge is 0.481 e. The van der Waals surface area contributed by atoms with E-state index in [1.165, 1.54) is 0 Å². The van der Waals surface area contributed by atoms with Crippen LogP contribution in [0.15, 0.2) is 42.7 Å². The van der Waals surface area contributed by atoms with Crippen molar-refractivity contribution >= 4 is 18.4 Å². The number of carbonyl (C=O) groups is 1. The molecule has 0 saturated carbocycles. The number of halogens is 1. The molecule has 0 bridgehead atoms. The van der Waals surface area contributed by atoms with Gasteiger partial charge >= 0.3 is 5.97 Å². The first kappa shape index (κ1) is 17.2. The molecule has 0 aliphatic rings. The molecule has 1 heterocycles. The molecule has 114 valence electrons. The number of nitrogens with zero attached hydrogens (tertiary/aromatic N) is 2. The molecular formula is C16H21ClN2O2. The molecule has 1 N–H and O–H groups in total. The third-order valence-corrected chi connectivity index (χ3v) is 3.57. The van der Waals surface area contributed by atoms with Crippen molar-refractivity contribution in [2.45, 2.75) is 38.6 Å². The van der Waals surface area contributed by atoms with E-state index in [2.05, 4.69) is 9.55 Å². The summed E-state index contributed by atoms with van der Waals surface area (Å²) < 4.78 is 2.10. The molecule has 0 aliphatic carbocycles. The van der Waals surface area contributed by atoms with Crippen LogP contribution in [0.25, 0.3) is 0 Å². The normalized spacial score (nSPS) is 11.7. The van der Waals surface area contributed by atoms with E-state index in [-0.39, 0.29) is 12.4 Å². The highest BCUT2D eigenvalue weighted by molar-refractivity contribution is 5.85. The monoisotopic (exact) mass is 308 g/mol. The zero-order valence-electron chi connectivity index (χ0n) is 12.1. The molecule has 0 spiro atoms. The topological polar surface area (TPSA) is 55.1 Å². The molecule has 0 saturated heterocycles. The minimum absolute atomic E-state index is 0. The van der Waals surface area contributed by atoms with Crippen molar-refractivity contribution in [1.29, 1.82) is 0 Å². The van der Waals surface area contributed by atoms with E-state index in [0.717, 1.165) is 30.8 Å². The molecule has 1 aromatic carbocycles. The van der Waals surface area contributed by atoms with Gasteiger partial charge in [0.25, 0.3) is 0 Å². The van der Waals surface area contributed by atoms with Crippen molar-refractivity contribution in [3.63, 3.8) is 0 Å². The van der Waals surface area contributed by atoms with Crippen LogP contribution in [0.5, 0.6) is 0 Å². The van der Waals surface area contributed by atoms with E-state index in [1.807, 2.05) is 43.5 Å². The quantitative estimate of drug-likeness (QED) is 0.794. The van der Waals surface area contributed by atoms with Gasteiger partial charge in [-0.05, 0) is 25.3 Å². The van der Waals surface area contributed by atoms with Gasteiger partial charge in [0.05, 0.1) is 5.92 Å². The van der Waals surface area contributed by atoms with Gasteiger partial charge in [0.1, 0.15) is 5.82 Å². The first-order valence-corrected chi connectivity index (χ1v) is 6.94. The van der Waals surface area contributed by atoms with Crippen LogP contribution in [0, 0.1) is 6.92 Å². The Morgan fingerprint density at radius 3 is 2.57 bits per heavy atom. The van der Waals surface area contributed by atoms with Gasteiger partial charge in [0, 0.05) is 18.9 Å². The van der Waals surface area contributed by atoms with Gasteiger partial charge in [0.2, 0.25) is 0 Å². The second-order valence-corrected chi connectivity index (χ2v) is 4.97. The predicted octanol–water partition coefficient (Wildman–Crippen LogP) is 3.65. The Morgan fingerprint density at radius 2 is 2.00 bits per heavy atom. The Hall–Kier alpha value is -1.81. The first-order chi connectivity index (χ1) is 9.68. The number of carboxylic acid groups (broad SMARTS) is 1. The molecule has 2 rings (SSSR count). The maximum absolute atomic E-state index is 11.4. The Labute approximate surface area is 131 Å². The average Bonchev–Trinajstić information content (AvgIpc) is 2.85. The summed E-state index contributed by atoms with van der Waals surface area (Å²) in [5, 5.41) is 9.34. The number of imidazole rings is 1. The van der Waals surface area contributed by atoms with Crippen molar-refractivity contribution in [2.24, 2.45) is 0 Å². The van der Waals surface area contributed by atoms with Gasteiger partial charge in [-0.15, -0.1) is 12.4 Å². The Kier molecular flexibility index (Phi) is 6.96. The van der Waals surface area contributed by atoms with Crippen LogP contribution in [0.2, 0.25) is 0 Å². The zero-order chi connectivity index (χ0) is 14.4. The third kappa shape index (κ3) is 4.90.